The van der Waals surface area contributed by atoms with Crippen molar-refractivity contribution in [3.8, 4) is 23.0 Å². The Kier molecular flexibility index (Phi) is 8.30. The molecule has 172 valence electrons. The second-order valence-corrected chi connectivity index (χ2v) is 7.42. The molecule has 0 aromatic heterocycles. The number of hydrogen-bond acceptors (Lipinski definition) is 6. The number of carbonyl (C=O) groups is 1. The molecule has 3 aromatic carbocycles. The van der Waals surface area contributed by atoms with Crippen LogP contribution in [0.3, 0.4) is 0 Å². The Hall–Kier alpha value is -4.00. The maximum atomic E-state index is 12.5. The summed E-state index contributed by atoms with van der Waals surface area (Å²) in [5.74, 6) is 1.89. The van der Waals surface area contributed by atoms with E-state index in [-0.39, 0.29) is 12.0 Å². The summed E-state index contributed by atoms with van der Waals surface area (Å²) in [6.45, 7) is 4.25. The second kappa shape index (κ2) is 11.6. The topological polar surface area (TPSA) is 78.4 Å². The molecule has 3 rings (SSSR count). The van der Waals surface area contributed by atoms with Crippen molar-refractivity contribution in [1.29, 1.82) is 0 Å². The van der Waals surface area contributed by atoms with E-state index in [1.54, 1.807) is 43.7 Å². The third kappa shape index (κ3) is 6.74. The van der Waals surface area contributed by atoms with Crippen molar-refractivity contribution < 1.29 is 23.7 Å². The molecule has 0 aliphatic rings. The number of benzene rings is 3. The van der Waals surface area contributed by atoms with Gasteiger partial charge in [-0.1, -0.05) is 30.3 Å². The first-order chi connectivity index (χ1) is 16.0. The van der Waals surface area contributed by atoms with Gasteiger partial charge < -0.3 is 18.9 Å². The fourth-order valence-electron chi connectivity index (χ4n) is 3.01. The molecule has 0 aliphatic heterocycles. The van der Waals surface area contributed by atoms with Crippen LogP contribution < -0.4 is 24.4 Å². The maximum absolute atomic E-state index is 12.5. The molecule has 0 unspecified atom stereocenters. The molecule has 0 spiro atoms. The summed E-state index contributed by atoms with van der Waals surface area (Å²) in [4.78, 5) is 12.5. The summed E-state index contributed by atoms with van der Waals surface area (Å²) in [6, 6.07) is 20.3. The lowest BCUT2D eigenvalue weighted by molar-refractivity contribution is 0.0954. The lowest BCUT2D eigenvalue weighted by Crippen LogP contribution is -2.18. The van der Waals surface area contributed by atoms with E-state index in [9.17, 15) is 4.79 Å². The molecule has 1 amide bonds. The van der Waals surface area contributed by atoms with Gasteiger partial charge in [-0.05, 0) is 61.4 Å². The van der Waals surface area contributed by atoms with Gasteiger partial charge in [-0.2, -0.15) is 5.10 Å². The van der Waals surface area contributed by atoms with Crippen molar-refractivity contribution in [3.05, 3.63) is 83.4 Å². The average molecular weight is 449 g/mol. The SMILES string of the molecule is COc1ccc(/C=N/NC(=O)c2ccc(OC(C)C)c(OC)c2)cc1OCc1ccccc1. The van der Waals surface area contributed by atoms with Gasteiger partial charge in [-0.25, -0.2) is 5.43 Å². The van der Waals surface area contributed by atoms with Crippen molar-refractivity contribution in [2.45, 2.75) is 26.6 Å². The zero-order valence-corrected chi connectivity index (χ0v) is 19.2. The molecular formula is C26H28N2O5. The predicted molar refractivity (Wildman–Crippen MR) is 128 cm³/mol. The highest BCUT2D eigenvalue weighted by atomic mass is 16.5. The number of ether oxygens (including phenoxy) is 4. The van der Waals surface area contributed by atoms with Crippen LogP contribution in [-0.4, -0.2) is 32.4 Å². The molecule has 0 saturated carbocycles. The average Bonchev–Trinajstić information content (AvgIpc) is 2.83. The molecule has 33 heavy (non-hydrogen) atoms. The normalized spacial score (nSPS) is 10.8. The Morgan fingerprint density at radius 3 is 2.33 bits per heavy atom. The van der Waals surface area contributed by atoms with E-state index in [1.807, 2.05) is 50.2 Å². The van der Waals surface area contributed by atoms with Gasteiger partial charge in [0.25, 0.3) is 5.91 Å². The van der Waals surface area contributed by atoms with E-state index < -0.39 is 0 Å². The van der Waals surface area contributed by atoms with Crippen LogP contribution in [0.25, 0.3) is 0 Å². The standard InChI is InChI=1S/C26H28N2O5/c1-18(2)33-23-13-11-21(15-24(23)31-4)26(29)28-27-16-20-10-12-22(30-3)25(14-20)32-17-19-8-6-5-7-9-19/h5-16,18H,17H2,1-4H3,(H,28,29)/b27-16+. The van der Waals surface area contributed by atoms with Gasteiger partial charge in [0.05, 0.1) is 26.5 Å². The number of amides is 1. The Morgan fingerprint density at radius 1 is 0.909 bits per heavy atom. The van der Waals surface area contributed by atoms with Crippen LogP contribution in [-0.2, 0) is 6.61 Å². The number of rotatable bonds is 10. The highest BCUT2D eigenvalue weighted by Crippen LogP contribution is 2.29. The quantitative estimate of drug-likeness (QED) is 0.355. The molecule has 0 fully saturated rings. The summed E-state index contributed by atoms with van der Waals surface area (Å²) in [7, 11) is 3.12. The minimum Gasteiger partial charge on any atom is -0.493 e. The van der Waals surface area contributed by atoms with Gasteiger partial charge >= 0.3 is 0 Å². The molecule has 0 saturated heterocycles. The zero-order valence-electron chi connectivity index (χ0n) is 19.2. The number of nitrogens with zero attached hydrogens (tertiary/aromatic N) is 1. The van der Waals surface area contributed by atoms with Gasteiger partial charge in [0.15, 0.2) is 23.0 Å². The van der Waals surface area contributed by atoms with Crippen LogP contribution in [0, 0.1) is 0 Å². The third-order valence-electron chi connectivity index (χ3n) is 4.59. The highest BCUT2D eigenvalue weighted by Gasteiger charge is 2.12. The summed E-state index contributed by atoms with van der Waals surface area (Å²) >= 11 is 0. The summed E-state index contributed by atoms with van der Waals surface area (Å²) in [5, 5.41) is 4.07. The summed E-state index contributed by atoms with van der Waals surface area (Å²) < 4.78 is 22.3. The van der Waals surface area contributed by atoms with Crippen molar-refractivity contribution >= 4 is 12.1 Å². The fourth-order valence-corrected chi connectivity index (χ4v) is 3.01. The van der Waals surface area contributed by atoms with Crippen molar-refractivity contribution in [3.63, 3.8) is 0 Å². The molecule has 0 heterocycles. The maximum Gasteiger partial charge on any atom is 0.271 e. The molecule has 0 radical (unpaired) electrons. The van der Waals surface area contributed by atoms with Crippen molar-refractivity contribution in [2.75, 3.05) is 14.2 Å². The summed E-state index contributed by atoms with van der Waals surface area (Å²) in [6.07, 6.45) is 1.54. The van der Waals surface area contributed by atoms with E-state index in [4.69, 9.17) is 18.9 Å². The lowest BCUT2D eigenvalue weighted by atomic mass is 10.2. The molecule has 7 heteroatoms. The van der Waals surface area contributed by atoms with E-state index in [0.29, 0.717) is 35.2 Å². The molecule has 3 aromatic rings. The first kappa shape index (κ1) is 23.7. The van der Waals surface area contributed by atoms with Crippen LogP contribution in [0.5, 0.6) is 23.0 Å². The van der Waals surface area contributed by atoms with Crippen LogP contribution in [0.2, 0.25) is 0 Å². The monoisotopic (exact) mass is 448 g/mol. The van der Waals surface area contributed by atoms with Gasteiger partial charge in [0, 0.05) is 5.56 Å². The van der Waals surface area contributed by atoms with E-state index >= 15 is 0 Å². The van der Waals surface area contributed by atoms with Crippen LogP contribution in [0.4, 0.5) is 0 Å². The van der Waals surface area contributed by atoms with Crippen molar-refractivity contribution in [1.82, 2.24) is 5.43 Å². The van der Waals surface area contributed by atoms with Gasteiger partial charge in [0.2, 0.25) is 0 Å². The third-order valence-corrected chi connectivity index (χ3v) is 4.59. The zero-order chi connectivity index (χ0) is 23.6. The van der Waals surface area contributed by atoms with Gasteiger partial charge in [-0.3, -0.25) is 4.79 Å². The molecule has 0 bridgehead atoms. The largest absolute Gasteiger partial charge is 0.493 e. The number of hydrazone groups is 1. The molecule has 7 nitrogen and oxygen atoms in total. The Bertz CT molecular complexity index is 1100. The lowest BCUT2D eigenvalue weighted by Gasteiger charge is -2.14. The number of hydrogen-bond donors (Lipinski definition) is 1. The smallest absolute Gasteiger partial charge is 0.271 e. The molecule has 0 aliphatic carbocycles. The van der Waals surface area contributed by atoms with Crippen LogP contribution in [0.15, 0.2) is 71.8 Å². The minimum atomic E-state index is -0.366. The Balaban J connectivity index is 1.66. The summed E-state index contributed by atoms with van der Waals surface area (Å²) in [5.41, 5.74) is 4.73. The highest BCUT2D eigenvalue weighted by molar-refractivity contribution is 5.95. The van der Waals surface area contributed by atoms with Gasteiger partial charge in [-0.15, -0.1) is 0 Å². The second-order valence-electron chi connectivity index (χ2n) is 7.42. The van der Waals surface area contributed by atoms with E-state index in [2.05, 4.69) is 10.5 Å². The Morgan fingerprint density at radius 2 is 1.64 bits per heavy atom. The number of nitrogens with one attached hydrogen (secondary N) is 1. The number of methoxy groups -OCH3 is 2. The molecule has 1 N–H and O–H groups in total. The predicted octanol–water partition coefficient (Wildman–Crippen LogP) is 4.83. The fraction of sp³-hybridized carbons (Fsp3) is 0.231. The van der Waals surface area contributed by atoms with E-state index in [0.717, 1.165) is 11.1 Å². The minimum absolute atomic E-state index is 0.00534. The van der Waals surface area contributed by atoms with Crippen LogP contribution >= 0.6 is 0 Å². The molecular weight excluding hydrogens is 420 g/mol. The van der Waals surface area contributed by atoms with Crippen molar-refractivity contribution in [2.24, 2.45) is 5.10 Å². The van der Waals surface area contributed by atoms with E-state index in [1.165, 1.54) is 7.11 Å². The Labute approximate surface area is 193 Å². The number of carbonyl (C=O) groups excluding carboxylic acids is 1. The van der Waals surface area contributed by atoms with Crippen LogP contribution in [0.1, 0.15) is 35.3 Å². The van der Waals surface area contributed by atoms with Gasteiger partial charge in [0.1, 0.15) is 6.61 Å². The first-order valence-corrected chi connectivity index (χ1v) is 10.5. The molecule has 0 atom stereocenters. The first-order valence-electron chi connectivity index (χ1n) is 10.5.